The molecule has 552 valence electrons. The van der Waals surface area contributed by atoms with E-state index in [1.54, 1.807) is 54.6 Å². The lowest BCUT2D eigenvalue weighted by Crippen LogP contribution is -2.08. The topological polar surface area (TPSA) is 632 Å². The number of carboxylic acids is 12. The van der Waals surface area contributed by atoms with Crippen LogP contribution in [0.2, 0.25) is 0 Å². The largest absolute Gasteiger partial charge is 0.478 e. The smallest absolute Gasteiger partial charge is 0.400 e. The van der Waals surface area contributed by atoms with Crippen LogP contribution in [-0.4, -0.2) is 164 Å². The molecule has 35 nitrogen and oxygen atoms in total. The molecule has 1 unspecified atom stereocenters. The third-order valence-corrected chi connectivity index (χ3v) is 13.1. The molecule has 0 aliphatic carbocycles. The summed E-state index contributed by atoms with van der Waals surface area (Å²) in [7, 11) is -10.6. The average Bonchev–Trinajstić information content (AvgIpc) is 1.66. The van der Waals surface area contributed by atoms with Crippen LogP contribution in [0.4, 0.5) is 0 Å². The second kappa shape index (κ2) is 47.4. The van der Waals surface area contributed by atoms with E-state index in [1.807, 2.05) is 0 Å². The molecule has 5 aromatic carbocycles. The number of hydrogen-bond acceptors (Lipinski definition) is 19. The number of carbonyl (C=O) groups is 14. The minimum absolute atomic E-state index is 0.219. The summed E-state index contributed by atoms with van der Waals surface area (Å²) >= 11 is 0. The van der Waals surface area contributed by atoms with E-state index in [0.717, 1.165) is 23.0 Å². The summed E-state index contributed by atoms with van der Waals surface area (Å²) in [5, 5.41) is 99.5. The Kier molecular flexibility index (Phi) is 44.1. The van der Waals surface area contributed by atoms with Gasteiger partial charge in [0.05, 0.1) is 44.5 Å². The Morgan fingerprint density at radius 2 is 0.587 bits per heavy atom. The molecule has 0 aromatic heterocycles. The Bertz CT molecular complexity index is 4040. The van der Waals surface area contributed by atoms with Gasteiger partial charge in [-0.25, -0.2) is 71.7 Å². The molecule has 0 saturated heterocycles. The minimum Gasteiger partial charge on any atom is -0.478 e. The Morgan fingerprint density at radius 1 is 0.337 bits per heavy atom. The zero-order chi connectivity index (χ0) is 81.9. The summed E-state index contributed by atoms with van der Waals surface area (Å²) in [4.78, 5) is 177. The number of aliphatic carboxylic acids is 6. The van der Waals surface area contributed by atoms with Crippen molar-refractivity contribution in [2.75, 3.05) is 0 Å². The number of rotatable bonds is 22. The van der Waals surface area contributed by atoms with Crippen molar-refractivity contribution in [3.8, 4) is 5.75 Å². The maximum Gasteiger partial charge on any atom is 0.400 e. The number of benzene rings is 5. The highest BCUT2D eigenvalue weighted by Gasteiger charge is 2.29. The number of carboxylic acid groups (broad SMARTS) is 12. The lowest BCUT2D eigenvalue weighted by Gasteiger charge is -2.07. The summed E-state index contributed by atoms with van der Waals surface area (Å²) in [5.41, 5.74) is -0.607. The molecule has 1 aliphatic heterocycles. The molecule has 1 aliphatic rings. The number of aromatic carboxylic acids is 6. The third-order valence-electron chi connectivity index (χ3n) is 10.6. The Labute approximate surface area is 587 Å². The van der Waals surface area contributed by atoms with Gasteiger partial charge in [0, 0.05) is 11.6 Å². The van der Waals surface area contributed by atoms with Crippen LogP contribution in [0.25, 0.3) is 24.3 Å². The number of hydrogen-bond donors (Lipinski definition) is 16. The predicted molar refractivity (Wildman–Crippen MR) is 370 cm³/mol. The summed E-state index contributed by atoms with van der Waals surface area (Å²) in [6, 6.07) is 25.4. The van der Waals surface area contributed by atoms with Crippen LogP contribution in [0.3, 0.4) is 0 Å². The Balaban J connectivity index is -0.000000541. The SMILES string of the molecule is C=C(C(=O)O)C(=O)O.C=C(C(=O)O)C(=O)O.C=C(C(=O)O)C(=O)O.C=CP(=O)(O)C=C.C=CP(=O)(O)O.C=CP(=O)(O)Oc1ccccc1.C=Cc1ccc(C(=O)O)c(C(=O)O)c1.C=Cc1ccc(C(=O)O)c(C(=O)O)c1.C=Cc1ccc(C(=O)O)c(C(=O)O)c1.C=Cc1ccc2c(c1)C(=O)OC2=O. The van der Waals surface area contributed by atoms with Crippen molar-refractivity contribution in [2.24, 2.45) is 0 Å². The molecule has 6 rings (SSSR count). The molecule has 16 N–H and O–H groups in total. The average molecular weight is 1510 g/mol. The number of fused-ring (bicyclic) bond motifs is 1. The molecule has 0 amide bonds. The van der Waals surface area contributed by atoms with Crippen molar-refractivity contribution < 1.29 is 171 Å². The lowest BCUT2D eigenvalue weighted by molar-refractivity contribution is -0.142. The van der Waals surface area contributed by atoms with E-state index in [4.69, 9.17) is 85.4 Å². The van der Waals surface area contributed by atoms with Crippen LogP contribution in [0.15, 0.2) is 215 Å². The minimum atomic E-state index is -3.88. The van der Waals surface area contributed by atoms with Gasteiger partial charge >= 0.3 is 98.8 Å². The number of carbonyl (C=O) groups excluding carboxylic acids is 2. The molecule has 0 bridgehead atoms. The number of esters is 2. The number of para-hydroxylation sites is 1. The van der Waals surface area contributed by atoms with Crippen LogP contribution in [-0.2, 0) is 47.2 Å². The number of cyclic esters (lactones) is 2. The molecule has 38 heteroatoms. The first-order chi connectivity index (χ1) is 47.9. The molecule has 0 radical (unpaired) electrons. The molecule has 1 heterocycles. The van der Waals surface area contributed by atoms with Gasteiger partial charge in [-0.3, -0.25) is 9.13 Å². The van der Waals surface area contributed by atoms with Gasteiger partial charge in [-0.15, -0.1) is 0 Å². The Hall–Kier alpha value is -13.7. The van der Waals surface area contributed by atoms with E-state index in [9.17, 15) is 80.8 Å². The summed E-state index contributed by atoms with van der Waals surface area (Å²) < 4.78 is 40.0. The maximum absolute atomic E-state index is 11.1. The highest BCUT2D eigenvalue weighted by molar-refractivity contribution is 7.64. The van der Waals surface area contributed by atoms with Crippen molar-refractivity contribution in [2.45, 2.75) is 0 Å². The van der Waals surface area contributed by atoms with Crippen molar-refractivity contribution in [1.29, 1.82) is 0 Å². The Morgan fingerprint density at radius 3 is 0.788 bits per heavy atom. The second-order valence-corrected chi connectivity index (χ2v) is 23.1. The zero-order valence-corrected chi connectivity index (χ0v) is 56.1. The predicted octanol–water partition coefficient (Wildman–Crippen LogP) is 10.2. The number of ether oxygens (including phenoxy) is 1. The van der Waals surface area contributed by atoms with Gasteiger partial charge in [0.15, 0.2) is 0 Å². The summed E-state index contributed by atoms with van der Waals surface area (Å²) in [5.74, 6) is -13.9. The molecular weight excluding hydrogens is 1450 g/mol. The van der Waals surface area contributed by atoms with Crippen LogP contribution in [0.1, 0.15) is 105 Å². The third kappa shape index (κ3) is 39.1. The van der Waals surface area contributed by atoms with Crippen LogP contribution < -0.4 is 4.52 Å². The van der Waals surface area contributed by atoms with E-state index in [1.165, 1.54) is 72.8 Å². The molecule has 104 heavy (non-hydrogen) atoms. The van der Waals surface area contributed by atoms with Crippen molar-refractivity contribution in [1.82, 2.24) is 0 Å². The van der Waals surface area contributed by atoms with E-state index in [2.05, 4.69) is 77.1 Å². The highest BCUT2D eigenvalue weighted by atomic mass is 31.2. The summed E-state index contributed by atoms with van der Waals surface area (Å²) in [6.07, 6.45) is 5.98. The van der Waals surface area contributed by atoms with Crippen molar-refractivity contribution in [3.05, 3.63) is 282 Å². The molecule has 0 fully saturated rings. The second-order valence-electron chi connectivity index (χ2n) is 17.8. The lowest BCUT2D eigenvalue weighted by atomic mass is 10.0. The van der Waals surface area contributed by atoms with Crippen LogP contribution in [0.5, 0.6) is 5.75 Å². The van der Waals surface area contributed by atoms with E-state index < -0.39 is 123 Å². The fourth-order valence-corrected chi connectivity index (χ4v) is 6.05. The van der Waals surface area contributed by atoms with Gasteiger partial charge < -0.3 is 90.1 Å². The van der Waals surface area contributed by atoms with Gasteiger partial charge in [-0.2, -0.15) is 0 Å². The zero-order valence-electron chi connectivity index (χ0n) is 53.5. The van der Waals surface area contributed by atoms with Crippen molar-refractivity contribution >= 4 is 130 Å². The molecular formula is C66H63O35P3. The molecule has 0 spiro atoms. The van der Waals surface area contributed by atoms with Crippen molar-refractivity contribution in [3.63, 3.8) is 0 Å². The van der Waals surface area contributed by atoms with Gasteiger partial charge in [0.2, 0.25) is 7.37 Å². The molecule has 1 atom stereocenters. The highest BCUT2D eigenvalue weighted by Crippen LogP contribution is 2.43. The summed E-state index contributed by atoms with van der Waals surface area (Å²) in [6.45, 7) is 34.5. The normalized spacial score (nSPS) is 10.4. The standard InChI is InChI=1S/3C10H8O4.C10H6O3.C8H9O3P.3C4H4O4.C4H7O2P.C2H5O3P/c3*1-2-6-3-4-7(9(11)12)8(5-6)10(13)14;1-2-6-3-4-7-8(5-6)10(12)13-9(7)11;1-2-12(9,10)11-8-6-4-3-5-7-8;3*1-2(3(5)6)4(7)8;1-3-7(5,6)4-2;1-2-6(3,4)5/h3*2-5H,1H2,(H,11,12)(H,13,14);2-5H,1H2;2-7H,1H2,(H,9,10);3*1H2,(H,5,6)(H,7,8);3-4H,1-2H2,(H,5,6);2H,1H2,(H2,3,4,5). The van der Waals surface area contributed by atoms with Gasteiger partial charge in [0.25, 0.3) is 0 Å². The maximum atomic E-state index is 11.1. The fraction of sp³-hybridized carbons (Fsp3) is 0. The van der Waals surface area contributed by atoms with E-state index in [-0.39, 0.29) is 33.4 Å². The first kappa shape index (κ1) is 96.7. The van der Waals surface area contributed by atoms with Crippen LogP contribution in [0, 0.1) is 0 Å². The first-order valence-corrected chi connectivity index (χ1v) is 31.7. The van der Waals surface area contributed by atoms with E-state index in [0.29, 0.717) is 39.4 Å². The molecule has 5 aromatic rings. The molecule has 0 saturated carbocycles. The van der Waals surface area contributed by atoms with Crippen LogP contribution >= 0.6 is 22.6 Å². The monoisotopic (exact) mass is 1510 g/mol. The quantitative estimate of drug-likeness (QED) is 0.0101. The van der Waals surface area contributed by atoms with E-state index >= 15 is 0 Å². The van der Waals surface area contributed by atoms with Gasteiger partial charge in [0.1, 0.15) is 22.5 Å². The van der Waals surface area contributed by atoms with Gasteiger partial charge in [-0.1, -0.05) is 139 Å². The first-order valence-electron chi connectivity index (χ1n) is 26.6. The fourth-order valence-electron chi connectivity index (χ4n) is 5.41. The van der Waals surface area contributed by atoms with Gasteiger partial charge in [-0.05, 0) is 94.6 Å².